The average molecular weight is 455 g/mol. The second-order valence-electron chi connectivity index (χ2n) is 8.87. The maximum Gasteiger partial charge on any atom is 0.321 e. The quantitative estimate of drug-likeness (QED) is 0.701. The smallest absolute Gasteiger partial charge is 0.321 e. The topological polar surface area (TPSA) is 85.4 Å². The molecule has 0 saturated carbocycles. The van der Waals surface area contributed by atoms with Crippen molar-refractivity contribution in [1.82, 2.24) is 9.80 Å². The number of para-hydroxylation sites is 1. The third-order valence-electron chi connectivity index (χ3n) is 5.99. The van der Waals surface area contributed by atoms with Crippen molar-refractivity contribution in [2.45, 2.75) is 26.0 Å². The van der Waals surface area contributed by atoms with Gasteiger partial charge in [0.05, 0.1) is 24.8 Å². The van der Waals surface area contributed by atoms with Crippen LogP contribution in [0.4, 0.5) is 16.2 Å². The van der Waals surface area contributed by atoms with Crippen LogP contribution in [-0.2, 0) is 0 Å². The van der Waals surface area contributed by atoms with Gasteiger partial charge < -0.3 is 29.9 Å². The molecule has 0 spiro atoms. The number of aliphatic hydroxyl groups excluding tert-OH is 1. The minimum Gasteiger partial charge on any atom is -0.487 e. The second-order valence-corrected chi connectivity index (χ2v) is 8.87. The molecule has 178 valence electrons. The summed E-state index contributed by atoms with van der Waals surface area (Å²) >= 11 is 0. The van der Waals surface area contributed by atoms with Gasteiger partial charge in [-0.2, -0.15) is 0 Å². The number of urea groups is 1. The number of carbonyl (C=O) groups is 2. The number of hydrogen-bond acceptors (Lipinski definition) is 5. The molecule has 1 aliphatic rings. The highest BCUT2D eigenvalue weighted by molar-refractivity contribution is 5.98. The molecule has 3 amide bonds. The van der Waals surface area contributed by atoms with Crippen LogP contribution in [0.15, 0.2) is 48.5 Å². The van der Waals surface area contributed by atoms with Crippen molar-refractivity contribution >= 4 is 23.3 Å². The maximum atomic E-state index is 13.4. The number of nitrogens with one attached hydrogen (secondary N) is 1. The first-order valence-corrected chi connectivity index (χ1v) is 11.2. The Kier molecular flexibility index (Phi) is 7.81. The zero-order valence-corrected chi connectivity index (χ0v) is 20.0. The molecule has 3 rings (SSSR count). The number of aliphatic hydroxyl groups is 1. The van der Waals surface area contributed by atoms with E-state index >= 15 is 0 Å². The minimum atomic E-state index is -0.345. The molecule has 0 bridgehead atoms. The molecular weight excluding hydrogens is 420 g/mol. The van der Waals surface area contributed by atoms with Gasteiger partial charge in [0.15, 0.2) is 0 Å². The summed E-state index contributed by atoms with van der Waals surface area (Å²) in [7, 11) is 5.55. The molecule has 0 aliphatic carbocycles. The van der Waals surface area contributed by atoms with Crippen LogP contribution in [0, 0.1) is 5.92 Å². The number of rotatable bonds is 6. The van der Waals surface area contributed by atoms with Gasteiger partial charge in [-0.15, -0.1) is 0 Å². The molecule has 8 nitrogen and oxygen atoms in total. The SMILES string of the molecule is C[C@@H]1CN([C@@H](C)CO)C(=O)c2cc(N(C)C)ccc2O[C@H]1CN(C)C(=O)Nc1ccccc1. The average Bonchev–Trinajstić information content (AvgIpc) is 2.80. The fraction of sp³-hybridized carbons (Fsp3) is 0.440. The molecule has 1 aliphatic heterocycles. The van der Waals surface area contributed by atoms with Crippen LogP contribution in [-0.4, -0.2) is 79.8 Å². The Morgan fingerprint density at radius 1 is 1.21 bits per heavy atom. The Hall–Kier alpha value is -3.26. The van der Waals surface area contributed by atoms with Crippen LogP contribution < -0.4 is 15.0 Å². The highest BCUT2D eigenvalue weighted by Gasteiger charge is 2.34. The Labute approximate surface area is 195 Å². The molecule has 3 atom stereocenters. The predicted octanol–water partition coefficient (Wildman–Crippen LogP) is 3.14. The summed E-state index contributed by atoms with van der Waals surface area (Å²) in [6.07, 6.45) is -0.345. The Balaban J connectivity index is 1.87. The first-order chi connectivity index (χ1) is 15.7. The molecule has 2 aromatic carbocycles. The number of benzene rings is 2. The van der Waals surface area contributed by atoms with Gasteiger partial charge in [0, 0.05) is 45.0 Å². The summed E-state index contributed by atoms with van der Waals surface area (Å²) in [5.41, 5.74) is 2.05. The van der Waals surface area contributed by atoms with Crippen LogP contribution in [0.25, 0.3) is 0 Å². The monoisotopic (exact) mass is 454 g/mol. The van der Waals surface area contributed by atoms with Crippen molar-refractivity contribution in [2.24, 2.45) is 5.92 Å². The van der Waals surface area contributed by atoms with E-state index in [0.717, 1.165) is 11.4 Å². The van der Waals surface area contributed by atoms with Crippen molar-refractivity contribution in [2.75, 3.05) is 51.1 Å². The first kappa shape index (κ1) is 24.4. The van der Waals surface area contributed by atoms with E-state index in [-0.39, 0.29) is 36.6 Å². The highest BCUT2D eigenvalue weighted by Crippen LogP contribution is 2.31. The van der Waals surface area contributed by atoms with Gasteiger partial charge in [-0.3, -0.25) is 4.79 Å². The lowest BCUT2D eigenvalue weighted by Gasteiger charge is -2.38. The number of anilines is 2. The normalized spacial score (nSPS) is 19.0. The van der Waals surface area contributed by atoms with Crippen LogP contribution in [0.2, 0.25) is 0 Å². The molecule has 0 radical (unpaired) electrons. The summed E-state index contributed by atoms with van der Waals surface area (Å²) in [6, 6.07) is 14.2. The zero-order chi connectivity index (χ0) is 24.1. The summed E-state index contributed by atoms with van der Waals surface area (Å²) < 4.78 is 6.34. The molecule has 0 saturated heterocycles. The molecule has 2 N–H and O–H groups in total. The number of fused-ring (bicyclic) bond motifs is 1. The van der Waals surface area contributed by atoms with E-state index in [4.69, 9.17) is 4.74 Å². The molecular formula is C25H34N4O4. The standard InChI is InChI=1S/C25H34N4O4/c1-17-14-29(18(2)16-30)24(31)21-13-20(27(3)4)11-12-22(21)33-23(17)15-28(5)25(32)26-19-9-7-6-8-10-19/h6-13,17-18,23,30H,14-16H2,1-5H3,(H,26,32)/t17-,18+,23+/m1/s1. The largest absolute Gasteiger partial charge is 0.487 e. The fourth-order valence-corrected chi connectivity index (χ4v) is 3.80. The van der Waals surface area contributed by atoms with E-state index in [9.17, 15) is 14.7 Å². The van der Waals surface area contributed by atoms with Gasteiger partial charge in [-0.1, -0.05) is 25.1 Å². The van der Waals surface area contributed by atoms with Crippen molar-refractivity contribution in [3.63, 3.8) is 0 Å². The number of hydrogen-bond donors (Lipinski definition) is 2. The second kappa shape index (κ2) is 10.6. The van der Waals surface area contributed by atoms with Crippen LogP contribution >= 0.6 is 0 Å². The lowest BCUT2D eigenvalue weighted by molar-refractivity contribution is 0.0371. The van der Waals surface area contributed by atoms with Crippen molar-refractivity contribution in [3.05, 3.63) is 54.1 Å². The lowest BCUT2D eigenvalue weighted by Crippen LogP contribution is -2.50. The van der Waals surface area contributed by atoms with Gasteiger partial charge in [0.25, 0.3) is 5.91 Å². The van der Waals surface area contributed by atoms with Gasteiger partial charge in [0.1, 0.15) is 11.9 Å². The molecule has 0 aromatic heterocycles. The van der Waals surface area contributed by atoms with Gasteiger partial charge in [0.2, 0.25) is 0 Å². The number of carbonyl (C=O) groups excluding carboxylic acids is 2. The predicted molar refractivity (Wildman–Crippen MR) is 130 cm³/mol. The number of likely N-dealkylation sites (N-methyl/N-ethyl adjacent to an activating group) is 1. The number of amides is 3. The highest BCUT2D eigenvalue weighted by atomic mass is 16.5. The van der Waals surface area contributed by atoms with E-state index in [0.29, 0.717) is 24.4 Å². The zero-order valence-electron chi connectivity index (χ0n) is 20.0. The van der Waals surface area contributed by atoms with Crippen molar-refractivity contribution in [1.29, 1.82) is 0 Å². The fourth-order valence-electron chi connectivity index (χ4n) is 3.80. The summed E-state index contributed by atoms with van der Waals surface area (Å²) in [6.45, 7) is 4.44. The van der Waals surface area contributed by atoms with Crippen molar-refractivity contribution < 1.29 is 19.4 Å². The molecule has 8 heteroatoms. The maximum absolute atomic E-state index is 13.4. The van der Waals surface area contributed by atoms with Gasteiger partial charge in [-0.25, -0.2) is 4.79 Å². The molecule has 0 unspecified atom stereocenters. The van der Waals surface area contributed by atoms with Gasteiger partial charge >= 0.3 is 6.03 Å². The van der Waals surface area contributed by atoms with Crippen LogP contribution in [0.3, 0.4) is 0 Å². The van der Waals surface area contributed by atoms with Gasteiger partial charge in [-0.05, 0) is 37.3 Å². The minimum absolute atomic E-state index is 0.0726. The molecule has 0 fully saturated rings. The number of ether oxygens (including phenoxy) is 1. The van der Waals surface area contributed by atoms with E-state index < -0.39 is 0 Å². The first-order valence-electron chi connectivity index (χ1n) is 11.2. The lowest BCUT2D eigenvalue weighted by atomic mass is 9.99. The van der Waals surface area contributed by atoms with E-state index in [1.165, 1.54) is 0 Å². The summed E-state index contributed by atoms with van der Waals surface area (Å²) in [5.74, 6) is 0.237. The third kappa shape index (κ3) is 5.76. The Bertz CT molecular complexity index is 966. The van der Waals surface area contributed by atoms with Crippen molar-refractivity contribution in [3.8, 4) is 5.75 Å². The Morgan fingerprint density at radius 2 is 1.91 bits per heavy atom. The summed E-state index contributed by atoms with van der Waals surface area (Å²) in [4.78, 5) is 31.3. The van der Waals surface area contributed by atoms with E-state index in [2.05, 4.69) is 5.32 Å². The van der Waals surface area contributed by atoms with Crippen LogP contribution in [0.5, 0.6) is 5.75 Å². The Morgan fingerprint density at radius 3 is 2.55 bits per heavy atom. The van der Waals surface area contributed by atoms with Crippen LogP contribution in [0.1, 0.15) is 24.2 Å². The molecule has 2 aromatic rings. The van der Waals surface area contributed by atoms with E-state index in [1.54, 1.807) is 22.9 Å². The summed E-state index contributed by atoms with van der Waals surface area (Å²) in [5, 5.41) is 12.7. The third-order valence-corrected chi connectivity index (χ3v) is 5.99. The molecule has 33 heavy (non-hydrogen) atoms. The molecule has 1 heterocycles. The van der Waals surface area contributed by atoms with E-state index in [1.807, 2.05) is 75.3 Å². The number of nitrogens with zero attached hydrogens (tertiary/aromatic N) is 3.